The SMILES string of the molecule is CC(C)N1CCC[C@@]2(CCN(C(=O)Cn3ccc4ccccc43)C2)C1=O. The third-order valence-corrected chi connectivity index (χ3v) is 6.08. The number of amides is 2. The van der Waals surface area contributed by atoms with Gasteiger partial charge in [0.1, 0.15) is 6.54 Å². The number of rotatable bonds is 3. The minimum Gasteiger partial charge on any atom is -0.340 e. The topological polar surface area (TPSA) is 45.5 Å². The molecule has 0 N–H and O–H groups in total. The molecule has 0 bridgehead atoms. The molecule has 5 heteroatoms. The number of likely N-dealkylation sites (tertiary alicyclic amines) is 2. The first kappa shape index (κ1) is 17.1. The van der Waals surface area contributed by atoms with E-state index in [2.05, 4.69) is 19.9 Å². The number of piperidine rings is 1. The van der Waals surface area contributed by atoms with Gasteiger partial charge in [-0.2, -0.15) is 0 Å². The highest BCUT2D eigenvalue weighted by Crippen LogP contribution is 2.40. The van der Waals surface area contributed by atoms with Gasteiger partial charge in [0.15, 0.2) is 0 Å². The molecule has 1 aromatic carbocycles. The quantitative estimate of drug-likeness (QED) is 0.852. The van der Waals surface area contributed by atoms with Crippen LogP contribution in [0.3, 0.4) is 0 Å². The van der Waals surface area contributed by atoms with Gasteiger partial charge < -0.3 is 14.4 Å². The second-order valence-electron chi connectivity index (χ2n) is 8.04. The van der Waals surface area contributed by atoms with Gasteiger partial charge in [-0.05, 0) is 50.6 Å². The molecule has 0 aliphatic carbocycles. The Balaban J connectivity index is 1.48. The normalized spacial score (nSPS) is 23.6. The molecule has 2 aromatic rings. The monoisotopic (exact) mass is 353 g/mol. The summed E-state index contributed by atoms with van der Waals surface area (Å²) in [5.74, 6) is 0.359. The highest BCUT2D eigenvalue weighted by atomic mass is 16.2. The fourth-order valence-electron chi connectivity index (χ4n) is 4.58. The number of hydrogen-bond acceptors (Lipinski definition) is 2. The first-order chi connectivity index (χ1) is 12.5. The number of fused-ring (bicyclic) bond motifs is 1. The van der Waals surface area contributed by atoms with Crippen molar-refractivity contribution in [2.24, 2.45) is 5.41 Å². The minimum atomic E-state index is -0.350. The smallest absolute Gasteiger partial charge is 0.242 e. The van der Waals surface area contributed by atoms with E-state index in [0.717, 1.165) is 36.7 Å². The molecule has 0 unspecified atom stereocenters. The van der Waals surface area contributed by atoms with Crippen molar-refractivity contribution in [1.29, 1.82) is 0 Å². The van der Waals surface area contributed by atoms with Crippen molar-refractivity contribution in [3.05, 3.63) is 36.5 Å². The van der Waals surface area contributed by atoms with Crippen LogP contribution in [0.4, 0.5) is 0 Å². The van der Waals surface area contributed by atoms with Crippen LogP contribution in [0.2, 0.25) is 0 Å². The molecule has 26 heavy (non-hydrogen) atoms. The first-order valence-corrected chi connectivity index (χ1v) is 9.63. The molecule has 138 valence electrons. The van der Waals surface area contributed by atoms with E-state index in [0.29, 0.717) is 19.6 Å². The molecular formula is C21H27N3O2. The maximum Gasteiger partial charge on any atom is 0.242 e. The average molecular weight is 353 g/mol. The number of carbonyl (C=O) groups excluding carboxylic acids is 2. The average Bonchev–Trinajstić information content (AvgIpc) is 3.23. The van der Waals surface area contributed by atoms with E-state index in [1.165, 1.54) is 0 Å². The molecule has 2 amide bonds. The van der Waals surface area contributed by atoms with Crippen LogP contribution in [-0.2, 0) is 16.1 Å². The summed E-state index contributed by atoms with van der Waals surface area (Å²) in [5, 5.41) is 1.15. The number of nitrogens with zero attached hydrogens (tertiary/aromatic N) is 3. The van der Waals surface area contributed by atoms with Crippen molar-refractivity contribution in [2.75, 3.05) is 19.6 Å². The van der Waals surface area contributed by atoms with E-state index in [9.17, 15) is 9.59 Å². The van der Waals surface area contributed by atoms with Gasteiger partial charge in [0.2, 0.25) is 11.8 Å². The summed E-state index contributed by atoms with van der Waals surface area (Å²) in [4.78, 5) is 29.8. The van der Waals surface area contributed by atoms with Gasteiger partial charge in [0.25, 0.3) is 0 Å². The van der Waals surface area contributed by atoms with Crippen LogP contribution in [0.5, 0.6) is 0 Å². The Bertz CT molecular complexity index is 841. The highest BCUT2D eigenvalue weighted by molar-refractivity contribution is 5.87. The molecule has 0 radical (unpaired) electrons. The predicted octanol–water partition coefficient (Wildman–Crippen LogP) is 2.89. The van der Waals surface area contributed by atoms with E-state index in [1.807, 2.05) is 44.8 Å². The van der Waals surface area contributed by atoms with Crippen molar-refractivity contribution in [3.8, 4) is 0 Å². The second kappa shape index (κ2) is 6.45. The molecule has 4 rings (SSSR count). The van der Waals surface area contributed by atoms with E-state index >= 15 is 0 Å². The van der Waals surface area contributed by atoms with Gasteiger partial charge in [0.05, 0.1) is 5.41 Å². The lowest BCUT2D eigenvalue weighted by Crippen LogP contribution is -2.52. The highest BCUT2D eigenvalue weighted by Gasteiger charge is 2.49. The van der Waals surface area contributed by atoms with Crippen molar-refractivity contribution < 1.29 is 9.59 Å². The summed E-state index contributed by atoms with van der Waals surface area (Å²) in [6.07, 6.45) is 4.72. The lowest BCUT2D eigenvalue weighted by atomic mass is 9.78. The standard InChI is InChI=1S/C21H27N3O2/c1-16(2)24-11-5-9-21(20(24)26)10-13-23(15-21)19(25)14-22-12-8-17-6-3-4-7-18(17)22/h3-4,6-8,12,16H,5,9-11,13-15H2,1-2H3/t21-/m0/s1. The van der Waals surface area contributed by atoms with Crippen LogP contribution < -0.4 is 0 Å². The zero-order chi connectivity index (χ0) is 18.3. The number of hydrogen-bond donors (Lipinski definition) is 0. The third-order valence-electron chi connectivity index (χ3n) is 6.08. The van der Waals surface area contributed by atoms with Gasteiger partial charge in [-0.3, -0.25) is 9.59 Å². The predicted molar refractivity (Wildman–Crippen MR) is 102 cm³/mol. The molecule has 5 nitrogen and oxygen atoms in total. The lowest BCUT2D eigenvalue weighted by molar-refractivity contribution is -0.148. The number of benzene rings is 1. The van der Waals surface area contributed by atoms with Crippen molar-refractivity contribution in [3.63, 3.8) is 0 Å². The van der Waals surface area contributed by atoms with Gasteiger partial charge in [-0.15, -0.1) is 0 Å². The third kappa shape index (κ3) is 2.79. The zero-order valence-electron chi connectivity index (χ0n) is 15.6. The molecule has 1 atom stereocenters. The minimum absolute atomic E-state index is 0.109. The summed E-state index contributed by atoms with van der Waals surface area (Å²) in [7, 11) is 0. The Kier molecular flexibility index (Phi) is 4.25. The van der Waals surface area contributed by atoms with Crippen molar-refractivity contribution >= 4 is 22.7 Å². The van der Waals surface area contributed by atoms with Gasteiger partial charge >= 0.3 is 0 Å². The van der Waals surface area contributed by atoms with Crippen LogP contribution in [0.15, 0.2) is 36.5 Å². The van der Waals surface area contributed by atoms with Gasteiger partial charge in [-0.25, -0.2) is 0 Å². The summed E-state index contributed by atoms with van der Waals surface area (Å²) in [5.41, 5.74) is 0.728. The molecule has 1 aromatic heterocycles. The lowest BCUT2D eigenvalue weighted by Gasteiger charge is -2.41. The fraction of sp³-hybridized carbons (Fsp3) is 0.524. The molecule has 2 saturated heterocycles. The summed E-state index contributed by atoms with van der Waals surface area (Å²) in [6.45, 7) is 6.61. The maximum absolute atomic E-state index is 13.0. The fourth-order valence-corrected chi connectivity index (χ4v) is 4.58. The molecule has 2 aliphatic heterocycles. The Hall–Kier alpha value is -2.30. The molecule has 2 aliphatic rings. The molecular weight excluding hydrogens is 326 g/mol. The zero-order valence-corrected chi connectivity index (χ0v) is 15.6. The maximum atomic E-state index is 13.0. The van der Waals surface area contributed by atoms with Crippen molar-refractivity contribution in [2.45, 2.75) is 45.7 Å². The van der Waals surface area contributed by atoms with E-state index in [1.54, 1.807) is 0 Å². The molecule has 1 spiro atoms. The van der Waals surface area contributed by atoms with Gasteiger partial charge in [-0.1, -0.05) is 18.2 Å². The van der Waals surface area contributed by atoms with Gasteiger partial charge in [0, 0.05) is 37.4 Å². The number of aromatic nitrogens is 1. The first-order valence-electron chi connectivity index (χ1n) is 9.63. The van der Waals surface area contributed by atoms with E-state index < -0.39 is 0 Å². The van der Waals surface area contributed by atoms with Crippen LogP contribution in [0.1, 0.15) is 33.1 Å². The summed E-state index contributed by atoms with van der Waals surface area (Å²) in [6, 6.07) is 10.4. The van der Waals surface area contributed by atoms with E-state index in [4.69, 9.17) is 0 Å². The van der Waals surface area contributed by atoms with E-state index in [-0.39, 0.29) is 23.3 Å². The van der Waals surface area contributed by atoms with Crippen LogP contribution in [0.25, 0.3) is 10.9 Å². The molecule has 0 saturated carbocycles. The number of para-hydroxylation sites is 1. The van der Waals surface area contributed by atoms with Crippen molar-refractivity contribution in [1.82, 2.24) is 14.4 Å². The molecule has 3 heterocycles. The van der Waals surface area contributed by atoms with Crippen LogP contribution in [-0.4, -0.2) is 51.9 Å². The van der Waals surface area contributed by atoms with Crippen LogP contribution in [0, 0.1) is 5.41 Å². The summed E-state index contributed by atoms with van der Waals surface area (Å²) < 4.78 is 2.01. The summed E-state index contributed by atoms with van der Waals surface area (Å²) >= 11 is 0. The Morgan fingerprint density at radius 2 is 1.96 bits per heavy atom. The Morgan fingerprint density at radius 3 is 2.77 bits per heavy atom. The Labute approximate surface area is 154 Å². The Morgan fingerprint density at radius 1 is 1.15 bits per heavy atom. The second-order valence-corrected chi connectivity index (χ2v) is 8.04. The molecule has 2 fully saturated rings. The largest absolute Gasteiger partial charge is 0.340 e. The number of carbonyl (C=O) groups is 2. The van der Waals surface area contributed by atoms with Crippen LogP contribution >= 0.6 is 0 Å².